The van der Waals surface area contributed by atoms with Crippen LogP contribution in [-0.4, -0.2) is 38.5 Å². The minimum absolute atomic E-state index is 0.0991. The van der Waals surface area contributed by atoms with Crippen molar-refractivity contribution in [2.24, 2.45) is 0 Å². The number of carbonyl (C=O) groups excluding carboxylic acids is 1. The van der Waals surface area contributed by atoms with Gasteiger partial charge in [-0.3, -0.25) is 9.36 Å². The van der Waals surface area contributed by atoms with Gasteiger partial charge in [-0.2, -0.15) is 13.2 Å². The van der Waals surface area contributed by atoms with Gasteiger partial charge < -0.3 is 13.9 Å². The highest BCUT2D eigenvalue weighted by molar-refractivity contribution is 7.22. The zero-order valence-electron chi connectivity index (χ0n) is 23.4. The summed E-state index contributed by atoms with van der Waals surface area (Å²) in [6.45, 7) is 7.42. The molecule has 41 heavy (non-hydrogen) atoms. The number of hydrogen-bond donors (Lipinski definition) is 0. The lowest BCUT2D eigenvalue weighted by Crippen LogP contribution is -2.54. The summed E-state index contributed by atoms with van der Waals surface area (Å²) < 4.78 is 57.8. The second-order valence-electron chi connectivity index (χ2n) is 11.0. The summed E-state index contributed by atoms with van der Waals surface area (Å²) in [5, 5.41) is 0.0991. The van der Waals surface area contributed by atoms with Crippen LogP contribution in [0.25, 0.3) is 21.0 Å². The van der Waals surface area contributed by atoms with Crippen molar-refractivity contribution in [1.29, 1.82) is 0 Å². The summed E-state index contributed by atoms with van der Waals surface area (Å²) in [6, 6.07) is 8.15. The average Bonchev–Trinajstić information content (AvgIpc) is 3.50. The SMILES string of the molecule is Cc1c(-c2ncco2)sc2c1c(=O)n(C(C)(C)C(=O)OC(C)(C)C)c(=O)n2CC(OCC(F)(F)F)c1ccccc1. The van der Waals surface area contributed by atoms with Gasteiger partial charge in [0.2, 0.25) is 5.89 Å². The molecule has 1 aromatic carbocycles. The van der Waals surface area contributed by atoms with E-state index >= 15 is 0 Å². The lowest BCUT2D eigenvalue weighted by Gasteiger charge is -2.30. The Morgan fingerprint density at radius 1 is 1.10 bits per heavy atom. The van der Waals surface area contributed by atoms with Crippen LogP contribution in [0.1, 0.15) is 51.8 Å². The van der Waals surface area contributed by atoms with Gasteiger partial charge in [0.05, 0.1) is 23.0 Å². The molecule has 0 aliphatic rings. The number of esters is 1. The highest BCUT2D eigenvalue weighted by Gasteiger charge is 2.39. The standard InChI is InChI=1S/C28H30F3N3O6S/c1-16-19-22(35)34(27(5,6)24(36)40-26(2,3)4)25(37)33(23(19)41-20(16)21-32-12-13-38-21)14-18(39-15-28(29,30)31)17-10-8-7-9-11-17/h7-13,18H,14-15H2,1-6H3. The third kappa shape index (κ3) is 6.30. The van der Waals surface area contributed by atoms with Crippen LogP contribution in [0.4, 0.5) is 13.2 Å². The third-order valence-corrected chi connectivity index (χ3v) is 7.57. The quantitative estimate of drug-likeness (QED) is 0.246. The van der Waals surface area contributed by atoms with Gasteiger partial charge in [0.25, 0.3) is 5.56 Å². The fraction of sp³-hybridized carbons (Fsp3) is 0.429. The van der Waals surface area contributed by atoms with E-state index in [4.69, 9.17) is 13.9 Å². The summed E-state index contributed by atoms with van der Waals surface area (Å²) in [7, 11) is 0. The number of halogens is 3. The first-order valence-electron chi connectivity index (χ1n) is 12.7. The predicted octanol–water partition coefficient (Wildman–Crippen LogP) is 5.59. The Morgan fingerprint density at radius 2 is 1.76 bits per heavy atom. The molecule has 0 saturated carbocycles. The van der Waals surface area contributed by atoms with Crippen molar-refractivity contribution in [2.45, 2.75) is 71.5 Å². The molecule has 0 aliphatic heterocycles. The number of ether oxygens (including phenoxy) is 2. The molecule has 13 heteroatoms. The second kappa shape index (κ2) is 10.9. The molecular formula is C28H30F3N3O6S. The molecule has 0 bridgehead atoms. The Morgan fingerprint density at radius 3 is 2.32 bits per heavy atom. The Kier molecular flexibility index (Phi) is 8.07. The number of aryl methyl sites for hydroxylation is 1. The molecule has 0 N–H and O–H groups in total. The Bertz CT molecular complexity index is 1660. The van der Waals surface area contributed by atoms with E-state index in [1.165, 1.54) is 30.9 Å². The van der Waals surface area contributed by atoms with Crippen LogP contribution in [0.5, 0.6) is 0 Å². The molecule has 0 spiro atoms. The van der Waals surface area contributed by atoms with Crippen molar-refractivity contribution in [3.05, 3.63) is 74.8 Å². The number of nitrogens with zero attached hydrogens (tertiary/aromatic N) is 3. The maximum absolute atomic E-state index is 14.1. The molecule has 1 atom stereocenters. The van der Waals surface area contributed by atoms with Gasteiger partial charge in [0.15, 0.2) is 0 Å². The predicted molar refractivity (Wildman–Crippen MR) is 147 cm³/mol. The summed E-state index contributed by atoms with van der Waals surface area (Å²) in [6.07, 6.45) is -3.07. The second-order valence-corrected chi connectivity index (χ2v) is 12.0. The van der Waals surface area contributed by atoms with Crippen LogP contribution in [0, 0.1) is 6.92 Å². The molecule has 220 valence electrons. The van der Waals surface area contributed by atoms with Gasteiger partial charge in [0, 0.05) is 0 Å². The molecule has 4 rings (SSSR count). The number of oxazole rings is 1. The van der Waals surface area contributed by atoms with Gasteiger partial charge in [-0.05, 0) is 52.7 Å². The highest BCUT2D eigenvalue weighted by atomic mass is 32.1. The number of benzene rings is 1. The maximum atomic E-state index is 14.1. The van der Waals surface area contributed by atoms with Gasteiger partial charge in [-0.25, -0.2) is 19.1 Å². The van der Waals surface area contributed by atoms with Crippen molar-refractivity contribution >= 4 is 27.5 Å². The Hall–Kier alpha value is -3.71. The number of aromatic nitrogens is 3. The van der Waals surface area contributed by atoms with E-state index < -0.39 is 47.2 Å². The molecule has 0 aliphatic carbocycles. The topological polar surface area (TPSA) is 106 Å². The molecule has 9 nitrogen and oxygen atoms in total. The molecular weight excluding hydrogens is 563 g/mol. The monoisotopic (exact) mass is 593 g/mol. The fourth-order valence-corrected chi connectivity index (χ4v) is 5.56. The number of fused-ring (bicyclic) bond motifs is 1. The number of carbonyl (C=O) groups is 1. The van der Waals surface area contributed by atoms with Crippen molar-refractivity contribution < 1.29 is 31.9 Å². The first-order chi connectivity index (χ1) is 19.0. The van der Waals surface area contributed by atoms with E-state index in [0.29, 0.717) is 16.0 Å². The molecule has 3 aromatic heterocycles. The number of hydrogen-bond acceptors (Lipinski definition) is 8. The Balaban J connectivity index is 1.99. The van der Waals surface area contributed by atoms with E-state index in [0.717, 1.165) is 15.9 Å². The highest BCUT2D eigenvalue weighted by Crippen LogP contribution is 2.36. The van der Waals surface area contributed by atoms with Crippen LogP contribution in [0.15, 0.2) is 56.8 Å². The average molecular weight is 594 g/mol. The van der Waals surface area contributed by atoms with E-state index in [1.54, 1.807) is 58.0 Å². The van der Waals surface area contributed by atoms with Gasteiger partial charge in [-0.15, -0.1) is 11.3 Å². The minimum atomic E-state index is -4.62. The first kappa shape index (κ1) is 30.3. The van der Waals surface area contributed by atoms with Crippen LogP contribution in [0.2, 0.25) is 0 Å². The van der Waals surface area contributed by atoms with Crippen molar-refractivity contribution in [3.63, 3.8) is 0 Å². The molecule has 0 fully saturated rings. The lowest BCUT2D eigenvalue weighted by atomic mass is 10.0. The Labute approximate surface area is 237 Å². The van der Waals surface area contributed by atoms with E-state index in [2.05, 4.69) is 4.98 Å². The van der Waals surface area contributed by atoms with E-state index in [-0.39, 0.29) is 22.7 Å². The zero-order chi connectivity index (χ0) is 30.3. The maximum Gasteiger partial charge on any atom is 0.411 e. The summed E-state index contributed by atoms with van der Waals surface area (Å²) in [5.41, 5.74) is -3.52. The van der Waals surface area contributed by atoms with Gasteiger partial charge >= 0.3 is 17.8 Å². The summed E-state index contributed by atoms with van der Waals surface area (Å²) in [4.78, 5) is 46.1. The summed E-state index contributed by atoms with van der Waals surface area (Å²) in [5.74, 6) is -0.628. The van der Waals surface area contributed by atoms with Crippen molar-refractivity contribution in [1.82, 2.24) is 14.1 Å². The van der Waals surface area contributed by atoms with Gasteiger partial charge in [-0.1, -0.05) is 30.3 Å². The third-order valence-electron chi connectivity index (χ3n) is 6.26. The van der Waals surface area contributed by atoms with Crippen molar-refractivity contribution in [3.8, 4) is 10.8 Å². The molecule has 0 saturated heterocycles. The zero-order valence-corrected chi connectivity index (χ0v) is 24.2. The molecule has 4 aromatic rings. The molecule has 3 heterocycles. The minimum Gasteiger partial charge on any atom is -0.458 e. The number of thiophene rings is 1. The fourth-order valence-electron chi connectivity index (χ4n) is 4.32. The van der Waals surface area contributed by atoms with E-state index in [9.17, 15) is 27.6 Å². The summed E-state index contributed by atoms with van der Waals surface area (Å²) >= 11 is 1.03. The number of rotatable bonds is 8. The van der Waals surface area contributed by atoms with Crippen LogP contribution in [-0.2, 0) is 26.4 Å². The molecule has 0 amide bonds. The van der Waals surface area contributed by atoms with Crippen molar-refractivity contribution in [2.75, 3.05) is 6.61 Å². The van der Waals surface area contributed by atoms with Crippen LogP contribution in [0.3, 0.4) is 0 Å². The lowest BCUT2D eigenvalue weighted by molar-refractivity contribution is -0.187. The van der Waals surface area contributed by atoms with Crippen LogP contribution < -0.4 is 11.2 Å². The van der Waals surface area contributed by atoms with Crippen LogP contribution >= 0.6 is 11.3 Å². The van der Waals surface area contributed by atoms with Gasteiger partial charge in [0.1, 0.15) is 34.9 Å². The molecule has 0 radical (unpaired) electrons. The van der Waals surface area contributed by atoms with E-state index in [1.807, 2.05) is 0 Å². The first-order valence-corrected chi connectivity index (χ1v) is 13.5. The number of alkyl halides is 3. The smallest absolute Gasteiger partial charge is 0.411 e. The normalized spacial score (nSPS) is 13.5. The largest absolute Gasteiger partial charge is 0.458 e. The molecule has 1 unspecified atom stereocenters.